The van der Waals surface area contributed by atoms with Crippen LogP contribution in [0.5, 0.6) is 11.6 Å². The van der Waals surface area contributed by atoms with Crippen molar-refractivity contribution in [3.8, 4) is 11.6 Å². The van der Waals surface area contributed by atoms with Gasteiger partial charge >= 0.3 is 5.97 Å². The smallest absolute Gasteiger partial charge is 0.341 e. The predicted molar refractivity (Wildman–Crippen MR) is 120 cm³/mol. The summed E-state index contributed by atoms with van der Waals surface area (Å²) in [5, 5.41) is 9.40. The van der Waals surface area contributed by atoms with Gasteiger partial charge in [0.05, 0.1) is 19.9 Å². The third-order valence-corrected chi connectivity index (χ3v) is 7.15. The summed E-state index contributed by atoms with van der Waals surface area (Å²) in [6.07, 6.45) is 6.46. The molecule has 1 unspecified atom stereocenters. The Morgan fingerprint density at radius 3 is 2.58 bits per heavy atom. The zero-order valence-corrected chi connectivity index (χ0v) is 19.1. The molecule has 2 atom stereocenters. The van der Waals surface area contributed by atoms with E-state index in [0.717, 1.165) is 45.4 Å². The van der Waals surface area contributed by atoms with Crippen LogP contribution in [0.2, 0.25) is 0 Å². The van der Waals surface area contributed by atoms with Crippen LogP contribution >= 0.6 is 0 Å². The summed E-state index contributed by atoms with van der Waals surface area (Å²) < 4.78 is 40.5. The van der Waals surface area contributed by atoms with Crippen LogP contribution in [-0.4, -0.2) is 35.4 Å². The van der Waals surface area contributed by atoms with Gasteiger partial charge in [0.1, 0.15) is 11.6 Å². The SMILES string of the molecule is COc1cc(C2CCC(COc3cccc([C@H](C4CC4)C(C)(F)C(=O)O)c3)CC2)c(F)cn1. The standard InChI is InChI=1S/C26H31F2NO4/c1-26(28,25(30)31)24(18-10-11-18)19-4-3-5-20(12-19)33-15-16-6-8-17(9-7-16)21-13-23(32-2)29-14-22(21)27/h3-5,12-14,16-18,24H,6-11,15H2,1-2H3,(H,30,31)/t16?,17?,24-,26?/m0/s1. The molecule has 2 aliphatic rings. The number of aliphatic carboxylic acids is 1. The van der Waals surface area contributed by atoms with Crippen molar-refractivity contribution in [2.45, 2.75) is 63.0 Å². The van der Waals surface area contributed by atoms with Gasteiger partial charge in [0.25, 0.3) is 0 Å². The molecule has 7 heteroatoms. The predicted octanol–water partition coefficient (Wildman–Crippen LogP) is 5.89. The Bertz CT molecular complexity index is 984. The maximum Gasteiger partial charge on any atom is 0.341 e. The number of nitrogens with zero attached hydrogens (tertiary/aromatic N) is 1. The van der Waals surface area contributed by atoms with E-state index in [1.807, 2.05) is 6.07 Å². The largest absolute Gasteiger partial charge is 0.493 e. The molecule has 0 saturated heterocycles. The van der Waals surface area contributed by atoms with Gasteiger partial charge < -0.3 is 14.6 Å². The maximum atomic E-state index is 15.0. The number of carboxylic acid groups (broad SMARTS) is 1. The van der Waals surface area contributed by atoms with Crippen molar-refractivity contribution in [1.82, 2.24) is 4.98 Å². The van der Waals surface area contributed by atoms with Crippen molar-refractivity contribution in [1.29, 1.82) is 0 Å². The minimum Gasteiger partial charge on any atom is -0.493 e. The molecule has 2 aliphatic carbocycles. The first-order valence-electron chi connectivity index (χ1n) is 11.6. The average molecular weight is 460 g/mol. The molecule has 0 aliphatic heterocycles. The molecule has 2 fully saturated rings. The number of rotatable bonds is 9. The number of hydrogen-bond acceptors (Lipinski definition) is 4. The Morgan fingerprint density at radius 1 is 1.21 bits per heavy atom. The normalized spacial score (nSPS) is 23.4. The van der Waals surface area contributed by atoms with Gasteiger partial charge in [0.15, 0.2) is 0 Å². The molecule has 33 heavy (non-hydrogen) atoms. The number of benzene rings is 1. The lowest BCUT2D eigenvalue weighted by atomic mass is 9.79. The molecule has 1 aromatic heterocycles. The maximum absolute atomic E-state index is 15.0. The molecule has 0 bridgehead atoms. The van der Waals surface area contributed by atoms with Crippen LogP contribution in [-0.2, 0) is 4.79 Å². The van der Waals surface area contributed by atoms with E-state index in [4.69, 9.17) is 9.47 Å². The summed E-state index contributed by atoms with van der Waals surface area (Å²) in [7, 11) is 1.52. The van der Waals surface area contributed by atoms with Crippen molar-refractivity contribution >= 4 is 5.97 Å². The van der Waals surface area contributed by atoms with Gasteiger partial charge in [-0.2, -0.15) is 0 Å². The molecule has 1 heterocycles. The minimum absolute atomic E-state index is 0.0498. The lowest BCUT2D eigenvalue weighted by Crippen LogP contribution is -2.38. The highest BCUT2D eigenvalue weighted by atomic mass is 19.1. The third-order valence-electron chi connectivity index (χ3n) is 7.15. The second-order valence-electron chi connectivity index (χ2n) is 9.55. The van der Waals surface area contributed by atoms with E-state index in [-0.39, 0.29) is 17.7 Å². The highest BCUT2D eigenvalue weighted by Gasteiger charge is 2.50. The summed E-state index contributed by atoms with van der Waals surface area (Å²) in [6.45, 7) is 1.68. The Labute approximate surface area is 193 Å². The number of ether oxygens (including phenoxy) is 2. The lowest BCUT2D eigenvalue weighted by Gasteiger charge is -2.29. The van der Waals surface area contributed by atoms with Crippen molar-refractivity contribution in [3.63, 3.8) is 0 Å². The van der Waals surface area contributed by atoms with E-state index in [1.54, 1.807) is 24.3 Å². The number of halogens is 2. The van der Waals surface area contributed by atoms with E-state index in [1.165, 1.54) is 13.3 Å². The topological polar surface area (TPSA) is 68.7 Å². The van der Waals surface area contributed by atoms with E-state index in [2.05, 4.69) is 4.98 Å². The second-order valence-corrected chi connectivity index (χ2v) is 9.55. The van der Waals surface area contributed by atoms with Crippen LogP contribution in [0.15, 0.2) is 36.5 Å². The van der Waals surface area contributed by atoms with Gasteiger partial charge in [0, 0.05) is 12.0 Å². The summed E-state index contributed by atoms with van der Waals surface area (Å²) in [5.41, 5.74) is -0.982. The van der Waals surface area contributed by atoms with E-state index in [9.17, 15) is 14.3 Å². The quantitative estimate of drug-likeness (QED) is 0.507. The van der Waals surface area contributed by atoms with Gasteiger partial charge in [0.2, 0.25) is 11.5 Å². The van der Waals surface area contributed by atoms with Gasteiger partial charge in [-0.3, -0.25) is 0 Å². The number of pyridine rings is 1. The molecule has 4 rings (SSSR count). The summed E-state index contributed by atoms with van der Waals surface area (Å²) in [6, 6.07) is 8.89. The van der Waals surface area contributed by atoms with Crippen LogP contribution in [0.25, 0.3) is 0 Å². The van der Waals surface area contributed by atoms with E-state index < -0.39 is 17.6 Å². The summed E-state index contributed by atoms with van der Waals surface area (Å²) in [5.74, 6) is -0.806. The number of alkyl halides is 1. The van der Waals surface area contributed by atoms with Gasteiger partial charge in [-0.05, 0) is 86.5 Å². The first-order chi connectivity index (χ1) is 15.8. The molecule has 0 spiro atoms. The van der Waals surface area contributed by atoms with Crippen LogP contribution in [0.4, 0.5) is 8.78 Å². The van der Waals surface area contributed by atoms with Crippen LogP contribution in [0.3, 0.4) is 0 Å². The molecular weight excluding hydrogens is 428 g/mol. The molecule has 1 aromatic carbocycles. The van der Waals surface area contributed by atoms with Crippen molar-refractivity contribution in [2.24, 2.45) is 11.8 Å². The first kappa shape index (κ1) is 23.5. The Morgan fingerprint density at radius 2 is 1.94 bits per heavy atom. The number of aromatic nitrogens is 1. The fourth-order valence-corrected chi connectivity index (χ4v) is 5.10. The van der Waals surface area contributed by atoms with Crippen LogP contribution in [0.1, 0.15) is 68.4 Å². The van der Waals surface area contributed by atoms with Crippen molar-refractivity contribution < 1.29 is 28.2 Å². The summed E-state index contributed by atoms with van der Waals surface area (Å²) in [4.78, 5) is 15.4. The van der Waals surface area contributed by atoms with Crippen LogP contribution in [0, 0.1) is 17.7 Å². The second kappa shape index (κ2) is 9.65. The van der Waals surface area contributed by atoms with Crippen molar-refractivity contribution in [3.05, 3.63) is 53.5 Å². The molecule has 178 valence electrons. The monoisotopic (exact) mass is 459 g/mol. The fraction of sp³-hybridized carbons (Fsp3) is 0.538. The number of carboxylic acids is 1. The highest BCUT2D eigenvalue weighted by Crippen LogP contribution is 2.50. The third kappa shape index (κ3) is 5.28. The minimum atomic E-state index is -2.32. The molecule has 2 saturated carbocycles. The zero-order valence-electron chi connectivity index (χ0n) is 19.1. The number of hydrogen-bond donors (Lipinski definition) is 1. The number of methoxy groups -OCH3 is 1. The lowest BCUT2D eigenvalue weighted by molar-refractivity contribution is -0.151. The van der Waals surface area contributed by atoms with E-state index in [0.29, 0.717) is 35.3 Å². The Kier molecular flexibility index (Phi) is 6.86. The molecule has 0 amide bonds. The Hall–Kier alpha value is -2.70. The fourth-order valence-electron chi connectivity index (χ4n) is 5.10. The molecule has 1 N–H and O–H groups in total. The highest BCUT2D eigenvalue weighted by molar-refractivity contribution is 5.78. The zero-order chi connectivity index (χ0) is 23.6. The molecule has 5 nitrogen and oxygen atoms in total. The Balaban J connectivity index is 1.36. The van der Waals surface area contributed by atoms with Gasteiger partial charge in [-0.25, -0.2) is 18.6 Å². The van der Waals surface area contributed by atoms with Gasteiger partial charge in [-0.1, -0.05) is 12.1 Å². The molecule has 0 radical (unpaired) electrons. The average Bonchev–Trinajstić information content (AvgIpc) is 3.63. The van der Waals surface area contributed by atoms with Gasteiger partial charge in [-0.15, -0.1) is 0 Å². The van der Waals surface area contributed by atoms with Crippen LogP contribution < -0.4 is 9.47 Å². The first-order valence-corrected chi connectivity index (χ1v) is 11.6. The van der Waals surface area contributed by atoms with Crippen molar-refractivity contribution in [2.75, 3.05) is 13.7 Å². The van der Waals surface area contributed by atoms with E-state index >= 15 is 4.39 Å². The number of carbonyl (C=O) groups is 1. The molecular formula is C26H31F2NO4. The molecule has 2 aromatic rings. The summed E-state index contributed by atoms with van der Waals surface area (Å²) >= 11 is 0.